The van der Waals surface area contributed by atoms with E-state index in [9.17, 15) is 23.6 Å². The van der Waals surface area contributed by atoms with Crippen LogP contribution in [-0.4, -0.2) is 29.8 Å². The molecule has 0 spiro atoms. The molecule has 1 aliphatic rings. The maximum atomic E-state index is 13.5. The highest BCUT2D eigenvalue weighted by atomic mass is 35.5. The van der Waals surface area contributed by atoms with Crippen LogP contribution in [0.3, 0.4) is 0 Å². The molecule has 0 unspecified atom stereocenters. The third kappa shape index (κ3) is 5.69. The van der Waals surface area contributed by atoms with Gasteiger partial charge in [-0.2, -0.15) is 0 Å². The van der Waals surface area contributed by atoms with Crippen molar-refractivity contribution < 1.29 is 28.3 Å². The van der Waals surface area contributed by atoms with Crippen LogP contribution in [-0.2, 0) is 14.3 Å². The van der Waals surface area contributed by atoms with Crippen LogP contribution in [0, 0.1) is 5.82 Å². The van der Waals surface area contributed by atoms with Gasteiger partial charge in [-0.1, -0.05) is 35.3 Å². The predicted molar refractivity (Wildman–Crippen MR) is 142 cm³/mol. The maximum Gasteiger partial charge on any atom is 0.338 e. The third-order valence-corrected chi connectivity index (χ3v) is 5.92. The van der Waals surface area contributed by atoms with Crippen molar-refractivity contribution in [3.05, 3.63) is 99.4 Å². The number of anilines is 3. The number of halogens is 3. The van der Waals surface area contributed by atoms with Crippen molar-refractivity contribution in [3.8, 4) is 0 Å². The zero-order valence-electron chi connectivity index (χ0n) is 20.1. The number of hydrogen-bond donors (Lipinski definition) is 2. The van der Waals surface area contributed by atoms with Gasteiger partial charge in [0, 0.05) is 16.9 Å². The van der Waals surface area contributed by atoms with Gasteiger partial charge in [0.2, 0.25) is 0 Å². The Kier molecular flexibility index (Phi) is 7.80. The lowest BCUT2D eigenvalue weighted by Gasteiger charge is -2.15. The van der Waals surface area contributed by atoms with Crippen molar-refractivity contribution >= 4 is 64.0 Å². The fourth-order valence-electron chi connectivity index (χ4n) is 3.56. The smallest absolute Gasteiger partial charge is 0.338 e. The van der Waals surface area contributed by atoms with E-state index in [-0.39, 0.29) is 38.7 Å². The van der Waals surface area contributed by atoms with E-state index in [1.165, 1.54) is 18.2 Å². The zero-order chi connectivity index (χ0) is 27.6. The van der Waals surface area contributed by atoms with Crippen molar-refractivity contribution in [2.75, 3.05) is 15.5 Å². The van der Waals surface area contributed by atoms with Gasteiger partial charge in [0.25, 0.3) is 17.7 Å². The van der Waals surface area contributed by atoms with Crippen molar-refractivity contribution in [1.82, 2.24) is 0 Å². The Balaban J connectivity index is 1.50. The van der Waals surface area contributed by atoms with E-state index >= 15 is 0 Å². The minimum atomic E-state index is -0.813. The minimum Gasteiger partial charge on any atom is -0.459 e. The fourth-order valence-corrected chi connectivity index (χ4v) is 3.95. The molecule has 0 aromatic heterocycles. The molecule has 0 aliphatic carbocycles. The molecular formula is C27H20Cl2FN3O5. The molecule has 0 atom stereocenters. The van der Waals surface area contributed by atoms with E-state index in [1.807, 2.05) is 0 Å². The summed E-state index contributed by atoms with van der Waals surface area (Å²) in [7, 11) is 0. The molecule has 8 nitrogen and oxygen atoms in total. The molecule has 11 heteroatoms. The van der Waals surface area contributed by atoms with E-state index in [2.05, 4.69) is 10.6 Å². The van der Waals surface area contributed by atoms with Gasteiger partial charge in [-0.25, -0.2) is 14.1 Å². The molecule has 0 fully saturated rings. The number of ether oxygens (including phenoxy) is 1. The van der Waals surface area contributed by atoms with Crippen LogP contribution in [0.2, 0.25) is 5.02 Å². The lowest BCUT2D eigenvalue weighted by Crippen LogP contribution is -2.32. The molecule has 3 aromatic rings. The highest BCUT2D eigenvalue weighted by molar-refractivity contribution is 6.53. The molecule has 1 aliphatic heterocycles. The summed E-state index contributed by atoms with van der Waals surface area (Å²) in [5, 5.41) is 4.85. The number of amides is 3. The lowest BCUT2D eigenvalue weighted by molar-refractivity contribution is -0.120. The van der Waals surface area contributed by atoms with Crippen molar-refractivity contribution in [2.24, 2.45) is 0 Å². The first-order chi connectivity index (χ1) is 18.0. The normalized spacial score (nSPS) is 13.3. The van der Waals surface area contributed by atoms with Gasteiger partial charge < -0.3 is 15.4 Å². The Morgan fingerprint density at radius 2 is 1.55 bits per heavy atom. The van der Waals surface area contributed by atoms with Gasteiger partial charge in [-0.05, 0) is 68.4 Å². The summed E-state index contributed by atoms with van der Waals surface area (Å²) in [6, 6.07) is 15.8. The van der Waals surface area contributed by atoms with E-state index < -0.39 is 29.5 Å². The number of imide groups is 1. The van der Waals surface area contributed by atoms with Crippen LogP contribution in [0.15, 0.2) is 77.5 Å². The van der Waals surface area contributed by atoms with Gasteiger partial charge in [0.05, 0.1) is 22.4 Å². The summed E-state index contributed by atoms with van der Waals surface area (Å²) < 4.78 is 18.7. The van der Waals surface area contributed by atoms with Crippen molar-refractivity contribution in [3.63, 3.8) is 0 Å². The average molecular weight is 556 g/mol. The number of benzene rings is 3. The molecule has 0 bridgehead atoms. The van der Waals surface area contributed by atoms with Crippen molar-refractivity contribution in [1.29, 1.82) is 0 Å². The SMILES string of the molecule is CC(C)OC(=O)c1cccc(NC(=O)c2cccc(NC3=C(Cl)C(=O)N(c4ccc(F)c(Cl)c4)C3=O)c2)c1. The molecule has 2 N–H and O–H groups in total. The summed E-state index contributed by atoms with van der Waals surface area (Å²) in [4.78, 5) is 51.5. The number of nitrogens with zero attached hydrogens (tertiary/aromatic N) is 1. The van der Waals surface area contributed by atoms with Gasteiger partial charge >= 0.3 is 5.97 Å². The minimum absolute atomic E-state index is 0.0500. The second kappa shape index (κ2) is 11.0. The van der Waals surface area contributed by atoms with Crippen LogP contribution in [0.25, 0.3) is 0 Å². The van der Waals surface area contributed by atoms with E-state index in [4.69, 9.17) is 27.9 Å². The average Bonchev–Trinajstić information content (AvgIpc) is 3.08. The Morgan fingerprint density at radius 3 is 2.24 bits per heavy atom. The van der Waals surface area contributed by atoms with E-state index in [0.717, 1.165) is 17.0 Å². The fraction of sp³-hybridized carbons (Fsp3) is 0.111. The Labute approximate surface area is 227 Å². The van der Waals surface area contributed by atoms with Gasteiger partial charge in [-0.3, -0.25) is 14.4 Å². The highest BCUT2D eigenvalue weighted by Gasteiger charge is 2.39. The predicted octanol–water partition coefficient (Wildman–Crippen LogP) is 5.73. The monoisotopic (exact) mass is 555 g/mol. The Morgan fingerprint density at radius 1 is 0.895 bits per heavy atom. The molecule has 3 amide bonds. The number of esters is 1. The number of carbonyl (C=O) groups is 4. The molecule has 3 aromatic carbocycles. The largest absolute Gasteiger partial charge is 0.459 e. The highest BCUT2D eigenvalue weighted by Crippen LogP contribution is 2.32. The first-order valence-corrected chi connectivity index (χ1v) is 12.0. The van der Waals surface area contributed by atoms with E-state index in [1.54, 1.807) is 50.2 Å². The maximum absolute atomic E-state index is 13.5. The van der Waals surface area contributed by atoms with Crippen LogP contribution >= 0.6 is 23.2 Å². The second-order valence-electron chi connectivity index (χ2n) is 8.43. The van der Waals surface area contributed by atoms with Gasteiger partial charge in [0.15, 0.2) is 0 Å². The zero-order valence-corrected chi connectivity index (χ0v) is 21.6. The molecule has 0 saturated carbocycles. The molecule has 194 valence electrons. The van der Waals surface area contributed by atoms with Crippen LogP contribution in [0.4, 0.5) is 21.5 Å². The van der Waals surface area contributed by atoms with Gasteiger partial charge in [-0.15, -0.1) is 0 Å². The Hall–Kier alpha value is -4.21. The first kappa shape index (κ1) is 26.8. The number of nitrogens with one attached hydrogen (secondary N) is 2. The summed E-state index contributed by atoms with van der Waals surface area (Å²) in [6.45, 7) is 3.47. The first-order valence-electron chi connectivity index (χ1n) is 11.3. The van der Waals surface area contributed by atoms with Crippen molar-refractivity contribution in [2.45, 2.75) is 20.0 Å². The topological polar surface area (TPSA) is 105 Å². The third-order valence-electron chi connectivity index (χ3n) is 5.28. The summed E-state index contributed by atoms with van der Waals surface area (Å²) >= 11 is 11.9. The molecule has 4 rings (SSSR count). The standard InChI is InChI=1S/C27H20Cl2FN3O5/c1-14(2)38-27(37)16-6-4-8-18(12-16)32-24(34)15-5-3-7-17(11-15)31-23-22(29)25(35)33(26(23)36)19-9-10-21(30)20(28)13-19/h3-14,31H,1-2H3,(H,32,34). The lowest BCUT2D eigenvalue weighted by atomic mass is 10.1. The number of hydrogen-bond acceptors (Lipinski definition) is 6. The summed E-state index contributed by atoms with van der Waals surface area (Å²) in [5.41, 5.74) is 1.02. The molecule has 1 heterocycles. The molecule has 0 saturated heterocycles. The molecular weight excluding hydrogens is 536 g/mol. The second-order valence-corrected chi connectivity index (χ2v) is 9.21. The number of rotatable bonds is 7. The summed E-state index contributed by atoms with van der Waals surface area (Å²) in [6.07, 6.45) is -0.290. The molecule has 0 radical (unpaired) electrons. The number of carbonyl (C=O) groups excluding carboxylic acids is 4. The Bertz CT molecular complexity index is 1510. The summed E-state index contributed by atoms with van der Waals surface area (Å²) in [5.74, 6) is -3.29. The van der Waals surface area contributed by atoms with E-state index in [0.29, 0.717) is 11.4 Å². The van der Waals surface area contributed by atoms with Crippen LogP contribution < -0.4 is 15.5 Å². The van der Waals surface area contributed by atoms with Gasteiger partial charge in [0.1, 0.15) is 16.5 Å². The van der Waals surface area contributed by atoms with Crippen LogP contribution in [0.5, 0.6) is 0 Å². The van der Waals surface area contributed by atoms with Crippen LogP contribution in [0.1, 0.15) is 34.6 Å². The quantitative estimate of drug-likeness (QED) is 0.285. The molecule has 38 heavy (non-hydrogen) atoms.